The molecule has 1 aliphatic carbocycles. The third-order valence-electron chi connectivity index (χ3n) is 3.25. The van der Waals surface area contributed by atoms with Crippen molar-refractivity contribution in [3.8, 4) is 0 Å². The molecule has 0 amide bonds. The zero-order valence-electron chi connectivity index (χ0n) is 7.55. The maximum absolute atomic E-state index is 2.66. The molecule has 1 heterocycles. The van der Waals surface area contributed by atoms with E-state index in [4.69, 9.17) is 0 Å². The first-order valence-corrected chi connectivity index (χ1v) is 5.07. The summed E-state index contributed by atoms with van der Waals surface area (Å²) in [5.41, 5.74) is 0. The summed E-state index contributed by atoms with van der Waals surface area (Å²) in [6, 6.07) is 0. The van der Waals surface area contributed by atoms with Gasteiger partial charge in [0, 0.05) is 13.1 Å². The maximum atomic E-state index is 2.66. The Balaban J connectivity index is 1.70. The summed E-state index contributed by atoms with van der Waals surface area (Å²) < 4.78 is 0. The van der Waals surface area contributed by atoms with Crippen LogP contribution in [0.2, 0.25) is 0 Å². The number of hydrogen-bond donors (Lipinski definition) is 0. The first-order chi connectivity index (χ1) is 5.34. The van der Waals surface area contributed by atoms with Crippen LogP contribution in [-0.2, 0) is 0 Å². The van der Waals surface area contributed by atoms with Crippen molar-refractivity contribution in [2.75, 3.05) is 19.6 Å². The second-order valence-corrected chi connectivity index (χ2v) is 4.45. The van der Waals surface area contributed by atoms with Crippen LogP contribution in [0, 0.1) is 11.8 Å². The van der Waals surface area contributed by atoms with Gasteiger partial charge >= 0.3 is 0 Å². The van der Waals surface area contributed by atoms with Crippen LogP contribution in [0.5, 0.6) is 0 Å². The molecule has 11 heavy (non-hydrogen) atoms. The zero-order valence-corrected chi connectivity index (χ0v) is 7.55. The van der Waals surface area contributed by atoms with Crippen molar-refractivity contribution < 1.29 is 0 Å². The molecule has 2 aliphatic rings. The summed E-state index contributed by atoms with van der Waals surface area (Å²) in [5, 5.41) is 0. The van der Waals surface area contributed by atoms with Crippen LogP contribution in [0.3, 0.4) is 0 Å². The van der Waals surface area contributed by atoms with Gasteiger partial charge in [-0.2, -0.15) is 0 Å². The van der Waals surface area contributed by atoms with Gasteiger partial charge in [-0.05, 0) is 37.6 Å². The molecule has 1 nitrogen and oxygen atoms in total. The van der Waals surface area contributed by atoms with Gasteiger partial charge in [0.05, 0.1) is 0 Å². The summed E-state index contributed by atoms with van der Waals surface area (Å²) >= 11 is 0. The van der Waals surface area contributed by atoms with Gasteiger partial charge < -0.3 is 4.90 Å². The van der Waals surface area contributed by atoms with Gasteiger partial charge in [-0.25, -0.2) is 0 Å². The Labute approximate surface area is 69.8 Å². The molecule has 64 valence electrons. The smallest absolute Gasteiger partial charge is 0.000977 e. The largest absolute Gasteiger partial charge is 0.303 e. The molecule has 1 atom stereocenters. The first kappa shape index (κ1) is 7.60. The Morgan fingerprint density at radius 3 is 2.55 bits per heavy atom. The quantitative estimate of drug-likeness (QED) is 0.587. The molecule has 0 bridgehead atoms. The molecule has 0 N–H and O–H groups in total. The van der Waals surface area contributed by atoms with E-state index in [-0.39, 0.29) is 0 Å². The average molecular weight is 153 g/mol. The molecule has 0 aromatic rings. The van der Waals surface area contributed by atoms with Crippen molar-refractivity contribution in [1.82, 2.24) is 4.90 Å². The molecule has 0 aromatic carbocycles. The highest BCUT2D eigenvalue weighted by atomic mass is 15.1. The number of hydrogen-bond acceptors (Lipinski definition) is 1. The third kappa shape index (κ3) is 1.76. The molecule has 0 spiro atoms. The molecule has 2 fully saturated rings. The van der Waals surface area contributed by atoms with Crippen LogP contribution in [-0.4, -0.2) is 24.5 Å². The Hall–Kier alpha value is -0.0400. The first-order valence-electron chi connectivity index (χ1n) is 5.07. The van der Waals surface area contributed by atoms with Crippen molar-refractivity contribution in [3.63, 3.8) is 0 Å². The van der Waals surface area contributed by atoms with E-state index in [0.29, 0.717) is 0 Å². The minimum atomic E-state index is 0.968. The highest BCUT2D eigenvalue weighted by molar-refractivity contribution is 4.78. The summed E-state index contributed by atoms with van der Waals surface area (Å²) in [7, 11) is 0. The fraction of sp³-hybridized carbons (Fsp3) is 1.00. The van der Waals surface area contributed by atoms with Gasteiger partial charge in [0.25, 0.3) is 0 Å². The molecule has 1 heteroatoms. The van der Waals surface area contributed by atoms with E-state index in [9.17, 15) is 0 Å². The number of nitrogens with zero attached hydrogens (tertiary/aromatic N) is 1. The van der Waals surface area contributed by atoms with Crippen molar-refractivity contribution >= 4 is 0 Å². The van der Waals surface area contributed by atoms with Crippen LogP contribution in [0.1, 0.15) is 32.6 Å². The highest BCUT2D eigenvalue weighted by Gasteiger charge is 2.24. The molecular weight excluding hydrogens is 134 g/mol. The number of likely N-dealkylation sites (tertiary alicyclic amines) is 1. The van der Waals surface area contributed by atoms with Crippen LogP contribution in [0.15, 0.2) is 0 Å². The van der Waals surface area contributed by atoms with Crippen molar-refractivity contribution in [2.24, 2.45) is 11.8 Å². The van der Waals surface area contributed by atoms with E-state index in [1.165, 1.54) is 45.3 Å². The van der Waals surface area contributed by atoms with E-state index in [1.54, 1.807) is 0 Å². The average Bonchev–Trinajstić information content (AvgIpc) is 2.27. The van der Waals surface area contributed by atoms with Gasteiger partial charge in [0.15, 0.2) is 0 Å². The van der Waals surface area contributed by atoms with E-state index in [2.05, 4.69) is 11.8 Å². The van der Waals surface area contributed by atoms with Crippen LogP contribution in [0.25, 0.3) is 0 Å². The van der Waals surface area contributed by atoms with Gasteiger partial charge in [-0.15, -0.1) is 0 Å². The maximum Gasteiger partial charge on any atom is 0.000977 e. The lowest BCUT2D eigenvalue weighted by Gasteiger charge is -2.29. The van der Waals surface area contributed by atoms with Crippen molar-refractivity contribution in [1.29, 1.82) is 0 Å². The minimum absolute atomic E-state index is 0.968. The van der Waals surface area contributed by atoms with Gasteiger partial charge in [0.2, 0.25) is 0 Å². The fourth-order valence-electron chi connectivity index (χ4n) is 2.23. The SMILES string of the molecule is CC1CCN(CC2CCC2)C1. The monoisotopic (exact) mass is 153 g/mol. The van der Waals surface area contributed by atoms with Crippen LogP contribution in [0.4, 0.5) is 0 Å². The van der Waals surface area contributed by atoms with Crippen molar-refractivity contribution in [2.45, 2.75) is 32.6 Å². The van der Waals surface area contributed by atoms with E-state index < -0.39 is 0 Å². The lowest BCUT2D eigenvalue weighted by Crippen LogP contribution is -2.30. The normalized spacial score (nSPS) is 34.1. The second-order valence-electron chi connectivity index (χ2n) is 4.45. The standard InChI is InChI=1S/C10H19N/c1-9-5-6-11(7-9)8-10-3-2-4-10/h9-10H,2-8H2,1H3. The predicted molar refractivity (Wildman–Crippen MR) is 47.6 cm³/mol. The van der Waals surface area contributed by atoms with Gasteiger partial charge in [-0.3, -0.25) is 0 Å². The lowest BCUT2D eigenvalue weighted by atomic mass is 9.85. The molecule has 1 aliphatic heterocycles. The number of rotatable bonds is 2. The second kappa shape index (κ2) is 3.14. The van der Waals surface area contributed by atoms with E-state index >= 15 is 0 Å². The van der Waals surface area contributed by atoms with Crippen LogP contribution >= 0.6 is 0 Å². The minimum Gasteiger partial charge on any atom is -0.303 e. The molecule has 0 radical (unpaired) electrons. The molecule has 1 saturated carbocycles. The van der Waals surface area contributed by atoms with Crippen LogP contribution < -0.4 is 0 Å². The van der Waals surface area contributed by atoms with Gasteiger partial charge in [0.1, 0.15) is 0 Å². The Bertz CT molecular complexity index is 129. The highest BCUT2D eigenvalue weighted by Crippen LogP contribution is 2.28. The van der Waals surface area contributed by atoms with Gasteiger partial charge in [-0.1, -0.05) is 13.3 Å². The lowest BCUT2D eigenvalue weighted by molar-refractivity contribution is 0.201. The Kier molecular flexibility index (Phi) is 2.17. The summed E-state index contributed by atoms with van der Waals surface area (Å²) in [5.74, 6) is 2.04. The molecule has 0 aromatic heterocycles. The Morgan fingerprint density at radius 2 is 2.09 bits per heavy atom. The molecular formula is C10H19N. The summed E-state index contributed by atoms with van der Waals surface area (Å²) in [6.07, 6.45) is 5.94. The van der Waals surface area contributed by atoms with E-state index in [0.717, 1.165) is 11.8 Å². The summed E-state index contributed by atoms with van der Waals surface area (Å²) in [6.45, 7) is 6.53. The summed E-state index contributed by atoms with van der Waals surface area (Å²) in [4.78, 5) is 2.66. The predicted octanol–water partition coefficient (Wildman–Crippen LogP) is 2.13. The third-order valence-corrected chi connectivity index (χ3v) is 3.25. The van der Waals surface area contributed by atoms with Crippen molar-refractivity contribution in [3.05, 3.63) is 0 Å². The zero-order chi connectivity index (χ0) is 7.68. The topological polar surface area (TPSA) is 3.24 Å². The molecule has 1 saturated heterocycles. The molecule has 2 rings (SSSR count). The molecule has 1 unspecified atom stereocenters. The Morgan fingerprint density at radius 1 is 1.27 bits per heavy atom. The fourth-order valence-corrected chi connectivity index (χ4v) is 2.23. The van der Waals surface area contributed by atoms with E-state index in [1.807, 2.05) is 0 Å².